The van der Waals surface area contributed by atoms with Gasteiger partial charge in [0, 0.05) is 128 Å². The Labute approximate surface area is 862 Å². The number of piperidine rings is 2. The maximum absolute atomic E-state index is 12.3. The summed E-state index contributed by atoms with van der Waals surface area (Å²) in [5.74, 6) is 0.494. The van der Waals surface area contributed by atoms with Gasteiger partial charge < -0.3 is 128 Å². The van der Waals surface area contributed by atoms with Crippen molar-refractivity contribution in [2.45, 2.75) is 77.0 Å². The number of aromatic nitrogens is 11. The first kappa shape index (κ1) is 106. The molecule has 5 amide bonds. The Hall–Kier alpha value is -15.3. The van der Waals surface area contributed by atoms with Gasteiger partial charge in [-0.15, -0.1) is 0 Å². The van der Waals surface area contributed by atoms with Gasteiger partial charge in [0.15, 0.2) is 28.5 Å². The molecule has 3 fully saturated rings. The van der Waals surface area contributed by atoms with E-state index in [1.54, 1.807) is 91.5 Å². The van der Waals surface area contributed by atoms with Crippen LogP contribution < -0.4 is 95.5 Å². The second-order valence-corrected chi connectivity index (χ2v) is 35.6. The highest BCUT2D eigenvalue weighted by Crippen LogP contribution is 2.37. The summed E-state index contributed by atoms with van der Waals surface area (Å²) in [5, 5.41) is 42.2. The lowest BCUT2D eigenvalue weighted by atomic mass is 10.0. The molecule has 46 heteroatoms. The molecular formula is C100H107Cl5N26O15. The van der Waals surface area contributed by atoms with Crippen molar-refractivity contribution in [2.75, 3.05) is 148 Å². The molecule has 146 heavy (non-hydrogen) atoms. The maximum Gasteiger partial charge on any atom is 0.292 e. The van der Waals surface area contributed by atoms with Crippen LogP contribution in [0.1, 0.15) is 117 Å². The molecule has 3 aliphatic rings. The number of hydrogen-bond donors (Lipinski definition) is 15. The number of oxazole rings is 5. The topological polar surface area (TPSA) is 584 Å². The summed E-state index contributed by atoms with van der Waals surface area (Å²) >= 11 is 31.1. The summed E-state index contributed by atoms with van der Waals surface area (Å²) in [5.41, 5.74) is 38.3. The Morgan fingerprint density at radius 2 is 0.781 bits per heavy atom. The Kier molecular flexibility index (Phi) is 38.5. The number of carbonyl (C=O) groups is 5. The number of ether oxygens (including phenoxy) is 4. The molecule has 3 aliphatic heterocycles. The van der Waals surface area contributed by atoms with Gasteiger partial charge in [-0.3, -0.25) is 28.7 Å². The quantitative estimate of drug-likeness (QED) is 0.0167. The lowest BCUT2D eigenvalue weighted by Crippen LogP contribution is -2.36. The van der Waals surface area contributed by atoms with E-state index in [1.165, 1.54) is 44.2 Å². The van der Waals surface area contributed by atoms with Crippen molar-refractivity contribution in [1.82, 2.24) is 80.8 Å². The SMILES string of the molecule is CC(C)NCCCOc1ccc(-c2ccc(Cl)c(NC(=O)c3coc(N)n3)c2)cn1.CNCCCOc1ccc(-c2ccc(Cl)c(NC(=O)c3coc(N)n3)c2)cn1.Nc1nc(C(=O)Nc2cc(-c3ccc(OC4CCNC4)nc3)ccc2Cl)co1.Nc1nc(C(=O)Nc2cc(-c3ccc(OCC4CCCNC4)nc3)ccc2Cl)co1.Nc1nc(C(=O)Nc2cc(-c3cnn(C4CCN(CCO)CC4)c3)ccc2Cl)co1. The van der Waals surface area contributed by atoms with Gasteiger partial charge in [-0.2, -0.15) is 30.0 Å². The molecule has 0 spiro atoms. The minimum atomic E-state index is -0.469. The molecule has 15 aromatic rings. The molecule has 3 saturated heterocycles. The van der Waals surface area contributed by atoms with E-state index in [4.69, 9.17) is 133 Å². The van der Waals surface area contributed by atoms with Crippen molar-refractivity contribution in [3.8, 4) is 79.2 Å². The highest BCUT2D eigenvalue weighted by Gasteiger charge is 2.26. The van der Waals surface area contributed by atoms with Gasteiger partial charge in [0.2, 0.25) is 23.5 Å². The molecule has 13 heterocycles. The van der Waals surface area contributed by atoms with Crippen molar-refractivity contribution < 1.29 is 70.1 Å². The number of nitrogens with zero attached hydrogens (tertiary/aromatic N) is 12. The van der Waals surface area contributed by atoms with Crippen molar-refractivity contribution in [3.63, 3.8) is 0 Å². The molecule has 10 aromatic heterocycles. The third-order valence-corrected chi connectivity index (χ3v) is 24.2. The number of hydrogen-bond acceptors (Lipinski definition) is 35. The number of rotatable bonds is 34. The lowest BCUT2D eigenvalue weighted by Gasteiger charge is -2.31. The largest absolute Gasteiger partial charge is 0.478 e. The van der Waals surface area contributed by atoms with Gasteiger partial charge in [0.25, 0.3) is 59.6 Å². The zero-order valence-corrected chi connectivity index (χ0v) is 83.2. The van der Waals surface area contributed by atoms with Crippen LogP contribution in [0.2, 0.25) is 25.1 Å². The summed E-state index contributed by atoms with van der Waals surface area (Å²) in [4.78, 5) is 100. The van der Waals surface area contributed by atoms with Crippen LogP contribution in [0.3, 0.4) is 0 Å². The van der Waals surface area contributed by atoms with Gasteiger partial charge in [-0.1, -0.05) is 102 Å². The number of likely N-dealkylation sites (tertiary alicyclic amines) is 1. The first-order valence-electron chi connectivity index (χ1n) is 46.4. The zero-order valence-electron chi connectivity index (χ0n) is 79.4. The molecule has 2 unspecified atom stereocenters. The van der Waals surface area contributed by atoms with E-state index >= 15 is 0 Å². The Morgan fingerprint density at radius 1 is 0.432 bits per heavy atom. The number of pyridine rings is 4. The summed E-state index contributed by atoms with van der Waals surface area (Å²) in [6.07, 6.45) is 23.9. The van der Waals surface area contributed by atoms with Crippen LogP contribution in [0, 0.1) is 5.92 Å². The average Bonchev–Trinajstić information content (AvgIpc) is 1.50. The molecular weight excluding hydrogens is 1980 g/mol. The number of β-amino-alcohol motifs (C(OH)–C–C–N with tert-alkyl or cyclic N) is 1. The number of aliphatic hydroxyl groups is 1. The summed E-state index contributed by atoms with van der Waals surface area (Å²) in [6.45, 7) is 14.5. The number of nitrogen functional groups attached to an aromatic ring is 5. The first-order chi connectivity index (χ1) is 70.7. The molecule has 0 bridgehead atoms. The standard InChI is InChI=1S/C21H22ClN5O3.C21H24ClN5O3.C20H23ClN6O3.C19H18ClN5O3.C19H20ClN5O3/c22-16-5-3-14(8-17(16)26-20(28)18-12-30-21(23)27-18)15-4-6-19(25-10-15)29-11-13-2-1-7-24-9-13;1-13(2)24-8-3-9-29-19-7-5-15(11-25-19)14-4-6-16(22)17(10-14)26-20(28)18-12-30-21(23)27-18;21-16-2-1-13(9-17(16)24-19(29)18-12-30-20(22)25-18)14-10-23-27(11-14)15-3-5-26(6-4-15)7-8-28;20-14-3-1-11(7-15(14)24-18(26)16-10-27-19(21)25-16)12-2-4-17(23-8-12)28-13-5-6-22-9-13;1-22-7-2-8-27-17-6-4-13(10-23-17)12-3-5-14(20)15(9-12)24-18(26)16-11-28-19(21)25-16/h3-6,8,10,12-13,24H,1-2,7,9,11H2,(H2,23,27)(H,26,28);4-7,10-13,24H,3,8-9H2,1-2H3,(H2,23,27)(H,26,28);1-2,9-12,15,28H,3-8H2,(H2,22,25)(H,24,29);1-4,7-8,10,13,22H,5-6,9H2,(H2,21,25)(H,24,26);3-6,9-11,22H,2,7-8H2,1H3,(H2,21,25)(H,24,26). The number of aliphatic hydroxyl groups excluding tert-OH is 1. The fourth-order valence-electron chi connectivity index (χ4n) is 14.9. The van der Waals surface area contributed by atoms with Crippen molar-refractivity contribution >= 4 is 146 Å². The number of halogens is 5. The smallest absolute Gasteiger partial charge is 0.292 e. The van der Waals surface area contributed by atoms with E-state index in [9.17, 15) is 24.0 Å². The highest BCUT2D eigenvalue weighted by atomic mass is 35.5. The van der Waals surface area contributed by atoms with Gasteiger partial charge in [0.05, 0.1) is 92.2 Å². The van der Waals surface area contributed by atoms with E-state index < -0.39 is 29.5 Å². The van der Waals surface area contributed by atoms with Crippen LogP contribution in [0.15, 0.2) is 230 Å². The molecule has 2 atom stereocenters. The zero-order chi connectivity index (χ0) is 103. The van der Waals surface area contributed by atoms with Crippen molar-refractivity contribution in [1.29, 1.82) is 0 Å². The van der Waals surface area contributed by atoms with Crippen LogP contribution in [0.25, 0.3) is 55.6 Å². The Morgan fingerprint density at radius 3 is 1.10 bits per heavy atom. The van der Waals surface area contributed by atoms with E-state index in [0.29, 0.717) is 115 Å². The molecule has 5 aromatic carbocycles. The fourth-order valence-corrected chi connectivity index (χ4v) is 15.7. The van der Waals surface area contributed by atoms with E-state index in [2.05, 4.69) is 117 Å². The number of benzene rings is 5. The average molecular weight is 2090 g/mol. The summed E-state index contributed by atoms with van der Waals surface area (Å²) in [6, 6.07) is 42.0. The third-order valence-electron chi connectivity index (χ3n) is 22.5. The van der Waals surface area contributed by atoms with Crippen LogP contribution in [0.5, 0.6) is 23.5 Å². The minimum absolute atomic E-state index is 0.0698. The molecule has 0 saturated carbocycles. The van der Waals surface area contributed by atoms with Crippen LogP contribution >= 0.6 is 58.0 Å². The predicted octanol–water partition coefficient (Wildman–Crippen LogP) is 16.4. The van der Waals surface area contributed by atoms with E-state index in [-0.39, 0.29) is 71.3 Å². The molecule has 0 aliphatic carbocycles. The van der Waals surface area contributed by atoms with E-state index in [0.717, 1.165) is 147 Å². The summed E-state index contributed by atoms with van der Waals surface area (Å²) in [7, 11) is 1.90. The minimum Gasteiger partial charge on any atom is -0.478 e. The number of anilines is 10. The number of carbonyl (C=O) groups excluding carboxylic acids is 5. The highest BCUT2D eigenvalue weighted by molar-refractivity contribution is 6.36. The molecule has 41 nitrogen and oxygen atoms in total. The summed E-state index contributed by atoms with van der Waals surface area (Å²) < 4.78 is 49.2. The Balaban J connectivity index is 0.000000144. The van der Waals surface area contributed by atoms with Crippen molar-refractivity contribution in [3.05, 3.63) is 262 Å². The third kappa shape index (κ3) is 31.4. The molecule has 0 radical (unpaired) electrons. The lowest BCUT2D eigenvalue weighted by molar-refractivity contribution is 0.101. The normalized spacial score (nSPS) is 13.9. The van der Waals surface area contributed by atoms with Gasteiger partial charge in [-0.05, 0) is 191 Å². The Bertz CT molecular complexity index is 6830. The van der Waals surface area contributed by atoms with Crippen LogP contribution in [0.4, 0.5) is 58.5 Å². The molecule has 18 rings (SSSR count). The number of nitrogens with two attached hydrogens (primary N) is 5. The van der Waals surface area contributed by atoms with Gasteiger partial charge in [0.1, 0.15) is 37.4 Å². The second-order valence-electron chi connectivity index (χ2n) is 33.5. The maximum atomic E-state index is 12.3. The number of nitrogens with one attached hydrogen (secondary N) is 9. The predicted molar refractivity (Wildman–Crippen MR) is 558 cm³/mol. The van der Waals surface area contributed by atoms with E-state index in [1.807, 2.05) is 96.9 Å². The monoisotopic (exact) mass is 2090 g/mol. The second kappa shape index (κ2) is 52.8. The van der Waals surface area contributed by atoms with Gasteiger partial charge in [-0.25, -0.2) is 19.9 Å². The molecule has 762 valence electrons. The van der Waals surface area contributed by atoms with Crippen molar-refractivity contribution in [2.24, 2.45) is 5.92 Å². The van der Waals surface area contributed by atoms with Crippen LogP contribution in [-0.2, 0) is 0 Å². The van der Waals surface area contributed by atoms with Crippen LogP contribution in [-0.4, -0.2) is 199 Å². The van der Waals surface area contributed by atoms with Gasteiger partial charge >= 0.3 is 0 Å². The molecule has 20 N–H and O–H groups in total. The first-order valence-corrected chi connectivity index (χ1v) is 48.2. The number of amides is 5. The fraction of sp³-hybridized carbons (Fsp3) is 0.270.